The zero-order valence-electron chi connectivity index (χ0n) is 6.21. The molecular formula is C7H14O3. The Morgan fingerprint density at radius 2 is 2.00 bits per heavy atom. The van der Waals surface area contributed by atoms with Crippen molar-refractivity contribution in [1.29, 1.82) is 0 Å². The molecule has 1 aliphatic rings. The molecule has 0 aromatic carbocycles. The lowest BCUT2D eigenvalue weighted by atomic mass is 10.1. The van der Waals surface area contributed by atoms with Gasteiger partial charge in [-0.05, 0) is 6.42 Å². The number of epoxide rings is 1. The van der Waals surface area contributed by atoms with Crippen molar-refractivity contribution in [2.24, 2.45) is 0 Å². The third-order valence-corrected chi connectivity index (χ3v) is 1.75. The Balaban J connectivity index is 1.97. The highest BCUT2D eigenvalue weighted by molar-refractivity contribution is 4.81. The highest BCUT2D eigenvalue weighted by Crippen LogP contribution is 2.34. The molecule has 10 heavy (non-hydrogen) atoms. The van der Waals surface area contributed by atoms with E-state index in [1.54, 1.807) is 0 Å². The Kier molecular flexibility index (Phi) is 2.28. The van der Waals surface area contributed by atoms with E-state index in [2.05, 4.69) is 11.7 Å². The van der Waals surface area contributed by atoms with Crippen LogP contribution in [0.4, 0.5) is 0 Å². The summed E-state index contributed by atoms with van der Waals surface area (Å²) < 4.78 is 4.56. The number of hydrogen-bond donors (Lipinski definition) is 2. The van der Waals surface area contributed by atoms with Crippen LogP contribution in [0.5, 0.6) is 0 Å². The van der Waals surface area contributed by atoms with E-state index < -0.39 is 5.97 Å². The van der Waals surface area contributed by atoms with Gasteiger partial charge in [-0.2, -0.15) is 0 Å². The second-order valence-electron chi connectivity index (χ2n) is 2.76. The molecule has 2 N–H and O–H groups in total. The van der Waals surface area contributed by atoms with E-state index in [1.165, 1.54) is 0 Å². The van der Waals surface area contributed by atoms with Crippen molar-refractivity contribution in [2.75, 3.05) is 0 Å². The summed E-state index contributed by atoms with van der Waals surface area (Å²) >= 11 is 0. The van der Waals surface area contributed by atoms with Crippen molar-refractivity contribution in [3.8, 4) is 0 Å². The van der Waals surface area contributed by atoms with Crippen LogP contribution >= 0.6 is 0 Å². The lowest BCUT2D eigenvalue weighted by Crippen LogP contribution is -2.11. The molecule has 0 saturated carbocycles. The van der Waals surface area contributed by atoms with Crippen LogP contribution < -0.4 is 0 Å². The van der Waals surface area contributed by atoms with Crippen molar-refractivity contribution in [3.05, 3.63) is 0 Å². The molecule has 60 valence electrons. The van der Waals surface area contributed by atoms with Gasteiger partial charge in [0, 0.05) is 0 Å². The highest BCUT2D eigenvalue weighted by Gasteiger charge is 2.53. The van der Waals surface area contributed by atoms with Crippen LogP contribution in [0.1, 0.15) is 32.6 Å². The molecule has 1 atom stereocenters. The maximum atomic E-state index is 8.72. The monoisotopic (exact) mass is 146 g/mol. The predicted octanol–water partition coefficient (Wildman–Crippen LogP) is 0.604. The largest absolute Gasteiger partial charge is 0.341 e. The van der Waals surface area contributed by atoms with Crippen LogP contribution in [0.3, 0.4) is 0 Å². The Labute approximate surface area is 60.6 Å². The highest BCUT2D eigenvalue weighted by atomic mass is 16.9. The van der Waals surface area contributed by atoms with Crippen LogP contribution in [-0.4, -0.2) is 22.3 Å². The average molecular weight is 146 g/mol. The number of rotatable bonds is 4. The van der Waals surface area contributed by atoms with Gasteiger partial charge in [-0.1, -0.05) is 26.2 Å². The molecular weight excluding hydrogens is 132 g/mol. The van der Waals surface area contributed by atoms with Crippen molar-refractivity contribution < 1.29 is 14.9 Å². The van der Waals surface area contributed by atoms with Gasteiger partial charge in [-0.25, -0.2) is 0 Å². The number of hydrogen-bond acceptors (Lipinski definition) is 3. The van der Waals surface area contributed by atoms with E-state index in [4.69, 9.17) is 10.2 Å². The maximum Gasteiger partial charge on any atom is 0.306 e. The Bertz CT molecular complexity index is 111. The van der Waals surface area contributed by atoms with Crippen LogP contribution in [0, 0.1) is 0 Å². The molecule has 1 aliphatic heterocycles. The summed E-state index contributed by atoms with van der Waals surface area (Å²) in [5, 5.41) is 17.4. The minimum absolute atomic E-state index is 0.320. The van der Waals surface area contributed by atoms with Gasteiger partial charge >= 0.3 is 5.97 Å². The second-order valence-corrected chi connectivity index (χ2v) is 2.76. The zero-order valence-corrected chi connectivity index (χ0v) is 6.21. The number of aliphatic hydroxyl groups is 2. The van der Waals surface area contributed by atoms with Gasteiger partial charge in [0.1, 0.15) is 6.10 Å². The molecule has 1 fully saturated rings. The standard InChI is InChI=1S/C7H14O3/c1-2-3-4-5-6-7(8,9)10-6/h6,8-9H,2-5H2,1H3. The fourth-order valence-corrected chi connectivity index (χ4v) is 1.00. The fraction of sp³-hybridized carbons (Fsp3) is 1.00. The van der Waals surface area contributed by atoms with Gasteiger partial charge in [-0.15, -0.1) is 0 Å². The van der Waals surface area contributed by atoms with Crippen molar-refractivity contribution in [1.82, 2.24) is 0 Å². The first-order valence-electron chi connectivity index (χ1n) is 3.79. The molecule has 3 heteroatoms. The second kappa shape index (κ2) is 2.86. The number of ether oxygens (including phenoxy) is 1. The van der Waals surface area contributed by atoms with Crippen LogP contribution in [0.25, 0.3) is 0 Å². The van der Waals surface area contributed by atoms with E-state index in [0.29, 0.717) is 0 Å². The van der Waals surface area contributed by atoms with Gasteiger partial charge in [0.15, 0.2) is 0 Å². The minimum Gasteiger partial charge on any atom is -0.341 e. The third kappa shape index (κ3) is 1.94. The van der Waals surface area contributed by atoms with Crippen LogP contribution in [0.2, 0.25) is 0 Å². The predicted molar refractivity (Wildman–Crippen MR) is 36.2 cm³/mol. The van der Waals surface area contributed by atoms with Gasteiger partial charge < -0.3 is 14.9 Å². The van der Waals surface area contributed by atoms with E-state index in [0.717, 1.165) is 25.7 Å². The summed E-state index contributed by atoms with van der Waals surface area (Å²) in [5.41, 5.74) is 0. The van der Waals surface area contributed by atoms with E-state index in [9.17, 15) is 0 Å². The molecule has 0 amide bonds. The summed E-state index contributed by atoms with van der Waals surface area (Å²) in [4.78, 5) is 0. The van der Waals surface area contributed by atoms with Gasteiger partial charge in [0.25, 0.3) is 0 Å². The summed E-state index contributed by atoms with van der Waals surface area (Å²) in [7, 11) is 0. The van der Waals surface area contributed by atoms with Gasteiger partial charge in [0.2, 0.25) is 0 Å². The average Bonchev–Trinajstić information content (AvgIpc) is 2.41. The Hall–Kier alpha value is -0.120. The SMILES string of the molecule is CCCCCC1OC1(O)O. The topological polar surface area (TPSA) is 53.0 Å². The fourth-order valence-electron chi connectivity index (χ4n) is 1.00. The van der Waals surface area contributed by atoms with Crippen molar-refractivity contribution >= 4 is 0 Å². The van der Waals surface area contributed by atoms with Crippen molar-refractivity contribution in [3.63, 3.8) is 0 Å². The third-order valence-electron chi connectivity index (χ3n) is 1.75. The maximum absolute atomic E-state index is 8.72. The van der Waals surface area contributed by atoms with Gasteiger partial charge in [-0.3, -0.25) is 0 Å². The lowest BCUT2D eigenvalue weighted by molar-refractivity contribution is -0.150. The summed E-state index contributed by atoms with van der Waals surface area (Å²) in [6.07, 6.45) is 3.75. The quantitative estimate of drug-likeness (QED) is 0.347. The summed E-state index contributed by atoms with van der Waals surface area (Å²) in [5.74, 6) is -1.78. The van der Waals surface area contributed by atoms with E-state index in [-0.39, 0.29) is 6.10 Å². The zero-order chi connectivity index (χ0) is 7.61. The molecule has 1 rings (SSSR count). The molecule has 0 radical (unpaired) electrons. The Morgan fingerprint density at radius 1 is 1.40 bits per heavy atom. The molecule has 0 aromatic heterocycles. The summed E-state index contributed by atoms with van der Waals surface area (Å²) in [6.45, 7) is 2.11. The minimum atomic E-state index is -1.78. The molecule has 0 aromatic rings. The molecule has 1 saturated heterocycles. The molecule has 0 aliphatic carbocycles. The Morgan fingerprint density at radius 3 is 2.40 bits per heavy atom. The van der Waals surface area contributed by atoms with E-state index >= 15 is 0 Å². The smallest absolute Gasteiger partial charge is 0.306 e. The van der Waals surface area contributed by atoms with Crippen LogP contribution in [0.15, 0.2) is 0 Å². The first kappa shape index (κ1) is 7.98. The molecule has 3 nitrogen and oxygen atoms in total. The lowest BCUT2D eigenvalue weighted by Gasteiger charge is -1.94. The first-order valence-corrected chi connectivity index (χ1v) is 3.79. The van der Waals surface area contributed by atoms with Gasteiger partial charge in [0.05, 0.1) is 0 Å². The normalized spacial score (nSPS) is 28.5. The molecule has 1 heterocycles. The molecule has 0 bridgehead atoms. The summed E-state index contributed by atoms with van der Waals surface area (Å²) in [6, 6.07) is 0. The molecule has 1 unspecified atom stereocenters. The van der Waals surface area contributed by atoms with Crippen molar-refractivity contribution in [2.45, 2.75) is 44.7 Å². The number of unbranched alkanes of at least 4 members (excludes halogenated alkanes) is 2. The van der Waals surface area contributed by atoms with Crippen LogP contribution in [-0.2, 0) is 4.74 Å². The van der Waals surface area contributed by atoms with E-state index in [1.807, 2.05) is 0 Å². The first-order chi connectivity index (χ1) is 4.67. The molecule has 0 spiro atoms.